The van der Waals surface area contributed by atoms with Gasteiger partial charge in [-0.2, -0.15) is 0 Å². The molecule has 0 fully saturated rings. The molecule has 0 spiro atoms. The van der Waals surface area contributed by atoms with Crippen molar-refractivity contribution in [3.8, 4) is 11.5 Å². The summed E-state index contributed by atoms with van der Waals surface area (Å²) in [5, 5.41) is 0. The number of benzene rings is 1. The molecule has 0 saturated carbocycles. The Morgan fingerprint density at radius 2 is 1.82 bits per heavy atom. The number of rotatable bonds is 4. The van der Waals surface area contributed by atoms with E-state index < -0.39 is 5.97 Å². The Morgan fingerprint density at radius 1 is 1.24 bits per heavy atom. The van der Waals surface area contributed by atoms with Crippen LogP contribution in [0.4, 0.5) is 0 Å². The first-order chi connectivity index (χ1) is 8.10. The van der Waals surface area contributed by atoms with Gasteiger partial charge in [-0.05, 0) is 12.5 Å². The molecule has 0 aliphatic rings. The molecule has 0 atom stereocenters. The number of ether oxygens (including phenoxy) is 3. The van der Waals surface area contributed by atoms with Crippen molar-refractivity contribution >= 4 is 12.0 Å². The van der Waals surface area contributed by atoms with E-state index in [2.05, 4.69) is 6.58 Å². The molecule has 92 valence electrons. The predicted molar refractivity (Wildman–Crippen MR) is 65.7 cm³/mol. The fraction of sp³-hybridized carbons (Fsp3) is 0.308. The molecular weight excluding hydrogens is 220 g/mol. The lowest BCUT2D eigenvalue weighted by Gasteiger charge is -2.15. The van der Waals surface area contributed by atoms with E-state index in [0.717, 1.165) is 11.1 Å². The van der Waals surface area contributed by atoms with Gasteiger partial charge in [0.25, 0.3) is 0 Å². The summed E-state index contributed by atoms with van der Waals surface area (Å²) in [5.74, 6) is 0.601. The van der Waals surface area contributed by atoms with Crippen molar-refractivity contribution in [2.24, 2.45) is 0 Å². The Hall–Kier alpha value is -1.97. The van der Waals surface area contributed by atoms with E-state index in [4.69, 9.17) is 14.2 Å². The van der Waals surface area contributed by atoms with Gasteiger partial charge in [0.2, 0.25) is 0 Å². The number of esters is 1. The fourth-order valence-corrected chi connectivity index (χ4v) is 1.71. The van der Waals surface area contributed by atoms with Gasteiger partial charge < -0.3 is 14.2 Å². The molecule has 0 aromatic heterocycles. The largest absolute Gasteiger partial charge is 0.496 e. The monoisotopic (exact) mass is 236 g/mol. The van der Waals surface area contributed by atoms with Crippen molar-refractivity contribution < 1.29 is 19.0 Å². The van der Waals surface area contributed by atoms with E-state index in [9.17, 15) is 4.79 Å². The molecule has 0 amide bonds. The number of carbonyl (C=O) groups is 1. The third-order valence-corrected chi connectivity index (χ3v) is 2.59. The smallest absolute Gasteiger partial charge is 0.341 e. The van der Waals surface area contributed by atoms with Crippen LogP contribution in [0, 0.1) is 6.92 Å². The maximum atomic E-state index is 11.7. The third kappa shape index (κ3) is 2.25. The highest BCUT2D eigenvalue weighted by molar-refractivity contribution is 5.96. The van der Waals surface area contributed by atoms with Gasteiger partial charge in [0.05, 0.1) is 21.3 Å². The van der Waals surface area contributed by atoms with Crippen LogP contribution < -0.4 is 9.47 Å². The minimum atomic E-state index is -0.440. The topological polar surface area (TPSA) is 44.8 Å². The lowest BCUT2D eigenvalue weighted by Crippen LogP contribution is -2.08. The minimum absolute atomic E-state index is 0.394. The fourth-order valence-electron chi connectivity index (χ4n) is 1.71. The van der Waals surface area contributed by atoms with Crippen molar-refractivity contribution in [2.45, 2.75) is 6.92 Å². The average Bonchev–Trinajstić information content (AvgIpc) is 2.36. The van der Waals surface area contributed by atoms with Crippen LogP contribution in [0.15, 0.2) is 12.6 Å². The van der Waals surface area contributed by atoms with Gasteiger partial charge >= 0.3 is 5.97 Å². The van der Waals surface area contributed by atoms with Crippen molar-refractivity contribution in [1.82, 2.24) is 0 Å². The summed E-state index contributed by atoms with van der Waals surface area (Å²) in [4.78, 5) is 11.7. The summed E-state index contributed by atoms with van der Waals surface area (Å²) in [6, 6.07) is 1.65. The molecule has 0 unspecified atom stereocenters. The Kier molecular flexibility index (Phi) is 4.15. The first-order valence-electron chi connectivity index (χ1n) is 5.07. The van der Waals surface area contributed by atoms with Crippen molar-refractivity contribution in [2.75, 3.05) is 21.3 Å². The summed E-state index contributed by atoms with van der Waals surface area (Å²) >= 11 is 0. The SMILES string of the molecule is C=Cc1c(OC)cc(OC)c(C(=O)OC)c1C. The highest BCUT2D eigenvalue weighted by Crippen LogP contribution is 2.34. The predicted octanol–water partition coefficient (Wildman–Crippen LogP) is 2.44. The van der Waals surface area contributed by atoms with Crippen molar-refractivity contribution in [3.63, 3.8) is 0 Å². The number of hydrogen-bond acceptors (Lipinski definition) is 4. The molecule has 0 aliphatic heterocycles. The van der Waals surface area contributed by atoms with Crippen LogP contribution in [0.1, 0.15) is 21.5 Å². The second-order valence-electron chi connectivity index (χ2n) is 3.39. The molecule has 0 bridgehead atoms. The van der Waals surface area contributed by atoms with E-state index in [1.807, 2.05) is 0 Å². The van der Waals surface area contributed by atoms with Gasteiger partial charge in [0.15, 0.2) is 0 Å². The van der Waals surface area contributed by atoms with Crippen LogP contribution in [0.2, 0.25) is 0 Å². The van der Waals surface area contributed by atoms with Crippen LogP contribution in [-0.4, -0.2) is 27.3 Å². The van der Waals surface area contributed by atoms with E-state index in [-0.39, 0.29) is 0 Å². The first-order valence-corrected chi connectivity index (χ1v) is 5.07. The molecule has 17 heavy (non-hydrogen) atoms. The van der Waals surface area contributed by atoms with E-state index >= 15 is 0 Å². The molecule has 4 nitrogen and oxygen atoms in total. The Bertz CT molecular complexity index is 449. The summed E-state index contributed by atoms with van der Waals surface area (Å²) in [6.45, 7) is 5.51. The quantitative estimate of drug-likeness (QED) is 0.753. The maximum absolute atomic E-state index is 11.7. The number of hydrogen-bond donors (Lipinski definition) is 0. The van der Waals surface area contributed by atoms with Crippen LogP contribution in [0.3, 0.4) is 0 Å². The van der Waals surface area contributed by atoms with Crippen LogP contribution >= 0.6 is 0 Å². The summed E-state index contributed by atoms with van der Waals surface area (Å²) in [7, 11) is 4.38. The zero-order valence-corrected chi connectivity index (χ0v) is 10.5. The van der Waals surface area contributed by atoms with Gasteiger partial charge in [0.1, 0.15) is 17.1 Å². The normalized spacial score (nSPS) is 9.65. The molecule has 0 saturated heterocycles. The standard InChI is InChI=1S/C13H16O4/c1-6-9-8(2)12(13(14)17-5)11(16-4)7-10(9)15-3/h6-7H,1H2,2-5H3. The van der Waals surface area contributed by atoms with E-state index in [0.29, 0.717) is 17.1 Å². The van der Waals surface area contributed by atoms with Gasteiger partial charge in [0, 0.05) is 11.6 Å². The van der Waals surface area contributed by atoms with E-state index in [1.54, 1.807) is 26.2 Å². The summed E-state index contributed by atoms with van der Waals surface area (Å²) < 4.78 is 15.1. The molecule has 1 aromatic carbocycles. The molecule has 0 heterocycles. The number of methoxy groups -OCH3 is 3. The zero-order valence-electron chi connectivity index (χ0n) is 10.5. The molecular formula is C13H16O4. The Balaban J connectivity index is 3.57. The third-order valence-electron chi connectivity index (χ3n) is 2.59. The van der Waals surface area contributed by atoms with Crippen LogP contribution in [0.25, 0.3) is 6.08 Å². The maximum Gasteiger partial charge on any atom is 0.341 e. The lowest BCUT2D eigenvalue weighted by atomic mass is 10.00. The minimum Gasteiger partial charge on any atom is -0.496 e. The second kappa shape index (κ2) is 5.39. The van der Waals surface area contributed by atoms with Gasteiger partial charge in [-0.3, -0.25) is 0 Å². The van der Waals surface area contributed by atoms with Gasteiger partial charge in [-0.15, -0.1) is 0 Å². The summed E-state index contributed by atoms with van der Waals surface area (Å²) in [5.41, 5.74) is 1.88. The molecule has 1 aromatic rings. The van der Waals surface area contributed by atoms with Crippen molar-refractivity contribution in [1.29, 1.82) is 0 Å². The van der Waals surface area contributed by atoms with Gasteiger partial charge in [-0.25, -0.2) is 4.79 Å². The molecule has 1 rings (SSSR count). The average molecular weight is 236 g/mol. The summed E-state index contributed by atoms with van der Waals surface area (Å²) in [6.07, 6.45) is 1.64. The first kappa shape index (κ1) is 13.1. The Labute approximate surface area is 101 Å². The lowest BCUT2D eigenvalue weighted by molar-refractivity contribution is 0.0596. The molecule has 4 heteroatoms. The second-order valence-corrected chi connectivity index (χ2v) is 3.39. The zero-order chi connectivity index (χ0) is 13.0. The highest BCUT2D eigenvalue weighted by Gasteiger charge is 2.20. The molecule has 0 N–H and O–H groups in total. The van der Waals surface area contributed by atoms with Crippen LogP contribution in [-0.2, 0) is 4.74 Å². The highest BCUT2D eigenvalue weighted by atomic mass is 16.5. The van der Waals surface area contributed by atoms with Crippen LogP contribution in [0.5, 0.6) is 11.5 Å². The molecule has 0 radical (unpaired) electrons. The van der Waals surface area contributed by atoms with Gasteiger partial charge in [-0.1, -0.05) is 12.7 Å². The molecule has 0 aliphatic carbocycles. The Morgan fingerprint density at radius 3 is 2.24 bits per heavy atom. The number of carbonyl (C=O) groups excluding carboxylic acids is 1. The van der Waals surface area contributed by atoms with E-state index in [1.165, 1.54) is 14.2 Å². The van der Waals surface area contributed by atoms with Crippen molar-refractivity contribution in [3.05, 3.63) is 29.3 Å².